The minimum atomic E-state index is -1.99. The van der Waals surface area contributed by atoms with Crippen molar-refractivity contribution in [2.75, 3.05) is 20.8 Å². The van der Waals surface area contributed by atoms with Gasteiger partial charge in [0.2, 0.25) is 6.54 Å². The maximum absolute atomic E-state index is 11.6. The number of rotatable bonds is 8. The molecule has 1 aromatic rings. The van der Waals surface area contributed by atoms with E-state index in [9.17, 15) is 10.1 Å². The molecule has 7 heteroatoms. The number of fused-ring (bicyclic) bond motifs is 1. The summed E-state index contributed by atoms with van der Waals surface area (Å²) in [5, 5.41) is 11.7. The zero-order chi connectivity index (χ0) is 25.3. The van der Waals surface area contributed by atoms with Crippen LogP contribution in [0.15, 0.2) is 30.4 Å². The normalized spacial score (nSPS) is 28.2. The second-order valence-corrected chi connectivity index (χ2v) is 16.5. The Balaban J connectivity index is 2.07. The Labute approximate surface area is 206 Å². The summed E-state index contributed by atoms with van der Waals surface area (Å²) in [4.78, 5) is 11.5. The molecule has 0 radical (unpaired) electrons. The van der Waals surface area contributed by atoms with Crippen LogP contribution in [0.5, 0.6) is 11.5 Å². The molecule has 3 unspecified atom stereocenters. The van der Waals surface area contributed by atoms with Gasteiger partial charge in [0.1, 0.15) is 11.5 Å². The largest absolute Gasteiger partial charge is 0.497 e. The predicted molar refractivity (Wildman–Crippen MR) is 139 cm³/mol. The van der Waals surface area contributed by atoms with Gasteiger partial charge in [-0.15, -0.1) is 0 Å². The van der Waals surface area contributed by atoms with E-state index in [4.69, 9.17) is 13.9 Å². The molecular weight excluding hydrogens is 446 g/mol. The number of hydrogen-bond donors (Lipinski definition) is 0. The van der Waals surface area contributed by atoms with Gasteiger partial charge in [-0.25, -0.2) is 0 Å². The first-order valence-corrected chi connectivity index (χ1v) is 15.5. The molecular formula is C27H43NO5Si. The van der Waals surface area contributed by atoms with Crippen LogP contribution in [0.2, 0.25) is 18.1 Å². The van der Waals surface area contributed by atoms with Crippen molar-refractivity contribution in [3.63, 3.8) is 0 Å². The van der Waals surface area contributed by atoms with Crippen LogP contribution in [-0.4, -0.2) is 40.1 Å². The highest BCUT2D eigenvalue weighted by molar-refractivity contribution is 6.74. The van der Waals surface area contributed by atoms with Crippen molar-refractivity contribution in [3.05, 3.63) is 46.0 Å². The van der Waals surface area contributed by atoms with E-state index < -0.39 is 8.32 Å². The third-order valence-electron chi connectivity index (χ3n) is 8.48. The fourth-order valence-corrected chi connectivity index (χ4v) is 7.13. The van der Waals surface area contributed by atoms with Gasteiger partial charge in [0.25, 0.3) is 0 Å². The summed E-state index contributed by atoms with van der Waals surface area (Å²) in [6.45, 7) is 13.5. The number of benzene rings is 1. The van der Waals surface area contributed by atoms with Gasteiger partial charge >= 0.3 is 0 Å². The van der Waals surface area contributed by atoms with Crippen LogP contribution in [-0.2, 0) is 4.43 Å². The van der Waals surface area contributed by atoms with E-state index in [0.29, 0.717) is 5.92 Å². The molecule has 6 nitrogen and oxygen atoms in total. The molecule has 6 atom stereocenters. The fraction of sp³-hybridized carbons (Fsp3) is 0.704. The molecule has 0 aliphatic heterocycles. The minimum Gasteiger partial charge on any atom is -0.497 e. The van der Waals surface area contributed by atoms with Crippen LogP contribution >= 0.6 is 0 Å². The quantitative estimate of drug-likeness (QED) is 0.176. The van der Waals surface area contributed by atoms with Crippen molar-refractivity contribution in [2.45, 2.75) is 77.1 Å². The average Bonchev–Trinajstić information content (AvgIpc) is 2.76. The number of methoxy groups -OCH3 is 2. The molecule has 0 saturated heterocycles. The Bertz CT molecular complexity index is 871. The molecule has 0 aromatic heterocycles. The molecule has 2 aliphatic rings. The smallest absolute Gasteiger partial charge is 0.206 e. The second-order valence-electron chi connectivity index (χ2n) is 11.7. The molecule has 3 rings (SSSR count). The maximum atomic E-state index is 11.6. The third-order valence-corrected chi connectivity index (χ3v) is 13.0. The highest BCUT2D eigenvalue weighted by Gasteiger charge is 2.49. The summed E-state index contributed by atoms with van der Waals surface area (Å²) in [5.41, 5.74) is 1.09. The lowest BCUT2D eigenvalue weighted by molar-refractivity contribution is -0.490. The lowest BCUT2D eigenvalue weighted by Gasteiger charge is -2.51. The van der Waals surface area contributed by atoms with Crippen molar-refractivity contribution < 1.29 is 18.8 Å². The van der Waals surface area contributed by atoms with Crippen molar-refractivity contribution in [1.82, 2.24) is 0 Å². The molecule has 0 bridgehead atoms. The van der Waals surface area contributed by atoms with Gasteiger partial charge < -0.3 is 13.9 Å². The van der Waals surface area contributed by atoms with E-state index >= 15 is 0 Å². The van der Waals surface area contributed by atoms with Crippen molar-refractivity contribution in [2.24, 2.45) is 23.7 Å². The lowest BCUT2D eigenvalue weighted by atomic mass is 9.59. The van der Waals surface area contributed by atoms with Gasteiger partial charge in [-0.3, -0.25) is 10.1 Å². The molecule has 1 aromatic carbocycles. The van der Waals surface area contributed by atoms with Gasteiger partial charge in [-0.05, 0) is 66.4 Å². The second kappa shape index (κ2) is 10.4. The number of allylic oxidation sites excluding steroid dienone is 2. The first-order valence-electron chi connectivity index (χ1n) is 12.6. The monoisotopic (exact) mass is 489 g/mol. The topological polar surface area (TPSA) is 70.8 Å². The van der Waals surface area contributed by atoms with Crippen LogP contribution < -0.4 is 9.47 Å². The van der Waals surface area contributed by atoms with Gasteiger partial charge in [-0.1, -0.05) is 46.3 Å². The summed E-state index contributed by atoms with van der Waals surface area (Å²) in [6, 6.07) is 5.98. The predicted octanol–water partition coefficient (Wildman–Crippen LogP) is 6.69. The van der Waals surface area contributed by atoms with Gasteiger partial charge in [0.15, 0.2) is 8.32 Å². The van der Waals surface area contributed by atoms with E-state index in [0.717, 1.165) is 36.3 Å². The highest BCUT2D eigenvalue weighted by atomic mass is 28.4. The summed E-state index contributed by atoms with van der Waals surface area (Å²) in [6.07, 6.45) is 8.05. The van der Waals surface area contributed by atoms with Gasteiger partial charge in [0, 0.05) is 28.9 Å². The Morgan fingerprint density at radius 2 is 1.71 bits per heavy atom. The number of hydrogen-bond acceptors (Lipinski definition) is 5. The number of ether oxygens (including phenoxy) is 2. The van der Waals surface area contributed by atoms with E-state index in [2.05, 4.69) is 58.2 Å². The zero-order valence-corrected chi connectivity index (χ0v) is 23.2. The van der Waals surface area contributed by atoms with E-state index in [1.165, 1.54) is 0 Å². The SMILES string of the molecule is COc1cc(OC)cc(C2C=CC3CCC[C@H](O[Si](C)(C)C(C)(C)C)[C@@H]3[C@@H]2C(C)C[N+](=O)[O-])c1. The summed E-state index contributed by atoms with van der Waals surface area (Å²) in [5.74, 6) is 2.19. The first-order chi connectivity index (χ1) is 15.9. The molecule has 1 fully saturated rings. The Kier molecular flexibility index (Phi) is 8.18. The standard InChI is InChI=1S/C27H43NO5Si/c1-18(17-28(29)30)25-23(20-14-21(31-5)16-22(15-20)32-6)13-12-19-10-9-11-24(26(19)25)33-34(7,8)27(2,3)4/h12-16,18-19,23-26H,9-11,17H2,1-8H3/t18?,19?,23?,24-,25+,26+/m0/s1. The fourth-order valence-electron chi connectivity index (χ4n) is 5.74. The molecule has 0 amide bonds. The van der Waals surface area contributed by atoms with Crippen LogP contribution in [0.25, 0.3) is 0 Å². The number of nitro groups is 1. The molecule has 34 heavy (non-hydrogen) atoms. The zero-order valence-electron chi connectivity index (χ0n) is 22.2. The van der Waals surface area contributed by atoms with E-state index in [1.807, 2.05) is 13.0 Å². The molecule has 1 saturated carbocycles. The molecule has 0 spiro atoms. The van der Waals surface area contributed by atoms with Crippen LogP contribution in [0.4, 0.5) is 0 Å². The minimum absolute atomic E-state index is 0.0356. The van der Waals surface area contributed by atoms with Gasteiger partial charge in [0.05, 0.1) is 14.2 Å². The Hall–Kier alpha value is -1.86. The highest BCUT2D eigenvalue weighted by Crippen LogP contribution is 2.52. The Morgan fingerprint density at radius 1 is 1.09 bits per heavy atom. The first kappa shape index (κ1) is 26.7. The summed E-state index contributed by atoms with van der Waals surface area (Å²) >= 11 is 0. The lowest BCUT2D eigenvalue weighted by Crippen LogP contribution is -2.52. The maximum Gasteiger partial charge on any atom is 0.206 e. The van der Waals surface area contributed by atoms with E-state index in [-0.39, 0.29) is 46.3 Å². The summed E-state index contributed by atoms with van der Waals surface area (Å²) < 4.78 is 18.2. The number of nitrogens with zero attached hydrogens (tertiary/aromatic N) is 1. The van der Waals surface area contributed by atoms with Crippen molar-refractivity contribution >= 4 is 8.32 Å². The molecule has 2 aliphatic carbocycles. The van der Waals surface area contributed by atoms with Crippen molar-refractivity contribution in [3.8, 4) is 11.5 Å². The average molecular weight is 490 g/mol. The van der Waals surface area contributed by atoms with Crippen LogP contribution in [0.1, 0.15) is 58.4 Å². The van der Waals surface area contributed by atoms with Crippen LogP contribution in [0.3, 0.4) is 0 Å². The van der Waals surface area contributed by atoms with Gasteiger partial charge in [-0.2, -0.15) is 0 Å². The summed E-state index contributed by atoms with van der Waals surface area (Å²) in [7, 11) is 1.32. The van der Waals surface area contributed by atoms with E-state index in [1.54, 1.807) is 14.2 Å². The molecule has 190 valence electrons. The molecule has 0 heterocycles. The third kappa shape index (κ3) is 5.68. The molecule has 0 N–H and O–H groups in total. The van der Waals surface area contributed by atoms with Crippen LogP contribution in [0, 0.1) is 33.8 Å². The Morgan fingerprint density at radius 3 is 2.24 bits per heavy atom. The van der Waals surface area contributed by atoms with Crippen molar-refractivity contribution in [1.29, 1.82) is 0 Å².